The van der Waals surface area contributed by atoms with Crippen molar-refractivity contribution in [2.45, 2.75) is 39.8 Å². The van der Waals surface area contributed by atoms with Gasteiger partial charge < -0.3 is 14.3 Å². The molecular weight excluding hydrogens is 316 g/mol. The number of benzene rings is 1. The van der Waals surface area contributed by atoms with E-state index in [2.05, 4.69) is 18.0 Å². The van der Waals surface area contributed by atoms with Gasteiger partial charge in [0, 0.05) is 17.5 Å². The van der Waals surface area contributed by atoms with Crippen LogP contribution in [0.2, 0.25) is 0 Å². The van der Waals surface area contributed by atoms with Crippen molar-refractivity contribution in [3.05, 3.63) is 69.9 Å². The van der Waals surface area contributed by atoms with Crippen LogP contribution >= 0.6 is 0 Å². The first kappa shape index (κ1) is 17.0. The summed E-state index contributed by atoms with van der Waals surface area (Å²) in [5.74, 6) is 0.686. The molecule has 0 aliphatic carbocycles. The van der Waals surface area contributed by atoms with Gasteiger partial charge >= 0.3 is 0 Å². The minimum Gasteiger partial charge on any atom is -0.467 e. The first-order chi connectivity index (χ1) is 12.1. The van der Waals surface area contributed by atoms with E-state index in [1.807, 2.05) is 31.2 Å². The average molecular weight is 338 g/mol. The summed E-state index contributed by atoms with van der Waals surface area (Å²) in [5.41, 5.74) is 2.44. The van der Waals surface area contributed by atoms with E-state index in [0.29, 0.717) is 24.3 Å². The van der Waals surface area contributed by atoms with Crippen molar-refractivity contribution in [2.24, 2.45) is 0 Å². The molecule has 0 spiro atoms. The van der Waals surface area contributed by atoms with Crippen molar-refractivity contribution in [3.63, 3.8) is 0 Å². The number of hydrogen-bond donors (Lipinski definition) is 1. The highest BCUT2D eigenvalue weighted by atomic mass is 16.3. The maximum Gasteiger partial charge on any atom is 0.253 e. The number of aryl methyl sites for hydroxylation is 1. The van der Waals surface area contributed by atoms with Crippen LogP contribution in [0.3, 0.4) is 0 Å². The molecule has 25 heavy (non-hydrogen) atoms. The van der Waals surface area contributed by atoms with Crippen LogP contribution in [0.15, 0.2) is 51.9 Å². The smallest absolute Gasteiger partial charge is 0.253 e. The average Bonchev–Trinajstić information content (AvgIpc) is 3.13. The Balaban J connectivity index is 1.93. The normalized spacial score (nSPS) is 11.0. The fourth-order valence-corrected chi connectivity index (χ4v) is 2.89. The molecular formula is C20H22N2O3. The number of nitrogens with zero attached hydrogens (tertiary/aromatic N) is 1. The summed E-state index contributed by atoms with van der Waals surface area (Å²) in [6, 6.07) is 11.5. The van der Waals surface area contributed by atoms with Crippen LogP contribution in [-0.4, -0.2) is 15.8 Å². The van der Waals surface area contributed by atoms with E-state index < -0.39 is 0 Å². The van der Waals surface area contributed by atoms with Gasteiger partial charge in [-0.15, -0.1) is 0 Å². The first-order valence-corrected chi connectivity index (χ1v) is 8.55. The van der Waals surface area contributed by atoms with E-state index in [1.165, 1.54) is 5.56 Å². The number of amides is 1. The van der Waals surface area contributed by atoms with Gasteiger partial charge in [0.25, 0.3) is 5.56 Å². The SMILES string of the molecule is CCC(=O)N(Cc1ccco1)Cc1cc2cc(CC)ccc2[nH]c1=O. The Hall–Kier alpha value is -2.82. The van der Waals surface area contributed by atoms with E-state index in [0.717, 1.165) is 17.3 Å². The number of aromatic amines is 1. The highest BCUT2D eigenvalue weighted by molar-refractivity contribution is 5.80. The number of aromatic nitrogens is 1. The lowest BCUT2D eigenvalue weighted by Gasteiger charge is -2.21. The lowest BCUT2D eigenvalue weighted by atomic mass is 10.1. The number of furan rings is 1. The minimum absolute atomic E-state index is 0.0156. The molecule has 2 aromatic heterocycles. The molecule has 3 aromatic rings. The number of fused-ring (bicyclic) bond motifs is 1. The van der Waals surface area contributed by atoms with E-state index in [1.54, 1.807) is 17.2 Å². The molecule has 130 valence electrons. The summed E-state index contributed by atoms with van der Waals surface area (Å²) in [4.78, 5) is 29.3. The van der Waals surface area contributed by atoms with Crippen LogP contribution in [0.4, 0.5) is 0 Å². The molecule has 0 fully saturated rings. The van der Waals surface area contributed by atoms with Crippen molar-refractivity contribution in [3.8, 4) is 0 Å². The summed E-state index contributed by atoms with van der Waals surface area (Å²) in [5, 5.41) is 0.982. The molecule has 5 nitrogen and oxygen atoms in total. The van der Waals surface area contributed by atoms with Crippen molar-refractivity contribution in [2.75, 3.05) is 0 Å². The lowest BCUT2D eigenvalue weighted by molar-refractivity contribution is -0.132. The predicted molar refractivity (Wildman–Crippen MR) is 97.2 cm³/mol. The summed E-state index contributed by atoms with van der Waals surface area (Å²) in [6.45, 7) is 4.52. The lowest BCUT2D eigenvalue weighted by Crippen LogP contribution is -2.31. The van der Waals surface area contributed by atoms with E-state index in [4.69, 9.17) is 4.42 Å². The Morgan fingerprint density at radius 3 is 2.68 bits per heavy atom. The summed E-state index contributed by atoms with van der Waals surface area (Å²) in [7, 11) is 0. The van der Waals surface area contributed by atoms with Gasteiger partial charge in [0.05, 0.1) is 19.4 Å². The number of carbonyl (C=O) groups excluding carboxylic acids is 1. The number of H-pyrrole nitrogens is 1. The molecule has 0 bridgehead atoms. The van der Waals surface area contributed by atoms with Gasteiger partial charge in [-0.05, 0) is 47.7 Å². The molecule has 0 atom stereocenters. The van der Waals surface area contributed by atoms with Crippen molar-refractivity contribution in [1.82, 2.24) is 9.88 Å². The third-order valence-corrected chi connectivity index (χ3v) is 4.34. The van der Waals surface area contributed by atoms with Crippen LogP contribution in [0.1, 0.15) is 37.2 Å². The van der Waals surface area contributed by atoms with Crippen molar-refractivity contribution in [1.29, 1.82) is 0 Å². The van der Waals surface area contributed by atoms with Crippen molar-refractivity contribution >= 4 is 16.8 Å². The first-order valence-electron chi connectivity index (χ1n) is 8.55. The van der Waals surface area contributed by atoms with Gasteiger partial charge in [-0.3, -0.25) is 9.59 Å². The zero-order valence-electron chi connectivity index (χ0n) is 14.5. The van der Waals surface area contributed by atoms with Crippen LogP contribution < -0.4 is 5.56 Å². The van der Waals surface area contributed by atoms with Gasteiger partial charge in [0.15, 0.2) is 0 Å². The zero-order valence-corrected chi connectivity index (χ0v) is 14.5. The Morgan fingerprint density at radius 1 is 1.16 bits per heavy atom. The van der Waals surface area contributed by atoms with Crippen LogP contribution in [0.5, 0.6) is 0 Å². The summed E-state index contributed by atoms with van der Waals surface area (Å²) < 4.78 is 5.35. The highest BCUT2D eigenvalue weighted by Gasteiger charge is 2.16. The van der Waals surface area contributed by atoms with E-state index >= 15 is 0 Å². The van der Waals surface area contributed by atoms with Gasteiger partial charge in [0.2, 0.25) is 5.91 Å². The molecule has 1 amide bonds. The molecule has 0 aliphatic rings. The Labute approximate surface area is 146 Å². The standard InChI is InChI=1S/C20H22N2O3/c1-3-14-7-8-18-15(10-14)11-16(20(24)21-18)12-22(19(23)4-2)13-17-6-5-9-25-17/h5-11H,3-4,12-13H2,1-2H3,(H,21,24). The Morgan fingerprint density at radius 2 is 2.00 bits per heavy atom. The van der Waals surface area contributed by atoms with Crippen LogP contribution in [0.25, 0.3) is 10.9 Å². The van der Waals surface area contributed by atoms with Crippen LogP contribution in [0, 0.1) is 0 Å². The van der Waals surface area contributed by atoms with Gasteiger partial charge in [-0.1, -0.05) is 19.9 Å². The predicted octanol–water partition coefficient (Wildman–Crippen LogP) is 3.62. The maximum absolute atomic E-state index is 12.4. The fourth-order valence-electron chi connectivity index (χ4n) is 2.89. The van der Waals surface area contributed by atoms with Gasteiger partial charge in [-0.25, -0.2) is 0 Å². The number of pyridine rings is 1. The number of nitrogens with one attached hydrogen (secondary N) is 1. The van der Waals surface area contributed by atoms with E-state index in [-0.39, 0.29) is 18.0 Å². The largest absolute Gasteiger partial charge is 0.467 e. The second-order valence-electron chi connectivity index (χ2n) is 6.08. The monoisotopic (exact) mass is 338 g/mol. The van der Waals surface area contributed by atoms with E-state index in [9.17, 15) is 9.59 Å². The molecule has 1 aromatic carbocycles. The maximum atomic E-state index is 12.4. The van der Waals surface area contributed by atoms with Crippen molar-refractivity contribution < 1.29 is 9.21 Å². The molecule has 3 rings (SSSR count). The number of rotatable bonds is 6. The fraction of sp³-hybridized carbons (Fsp3) is 0.300. The third kappa shape index (κ3) is 3.82. The third-order valence-electron chi connectivity index (χ3n) is 4.34. The molecule has 0 radical (unpaired) electrons. The molecule has 0 unspecified atom stereocenters. The second kappa shape index (κ2) is 7.38. The quantitative estimate of drug-likeness (QED) is 0.746. The zero-order chi connectivity index (χ0) is 17.8. The molecule has 2 heterocycles. The van der Waals surface area contributed by atoms with Gasteiger partial charge in [0.1, 0.15) is 5.76 Å². The topological polar surface area (TPSA) is 66.3 Å². The highest BCUT2D eigenvalue weighted by Crippen LogP contribution is 2.16. The molecule has 0 saturated heterocycles. The molecule has 0 aliphatic heterocycles. The van der Waals surface area contributed by atoms with Crippen LogP contribution in [-0.2, 0) is 24.3 Å². The molecule has 5 heteroatoms. The summed E-state index contributed by atoms with van der Waals surface area (Å²) in [6.07, 6.45) is 2.90. The number of hydrogen-bond acceptors (Lipinski definition) is 3. The molecule has 1 N–H and O–H groups in total. The Bertz CT molecular complexity index is 926. The minimum atomic E-state index is -0.162. The second-order valence-corrected chi connectivity index (χ2v) is 6.08. The Kier molecular flexibility index (Phi) is 5.03. The van der Waals surface area contributed by atoms with Gasteiger partial charge in [-0.2, -0.15) is 0 Å². The summed E-state index contributed by atoms with van der Waals surface area (Å²) >= 11 is 0. The number of carbonyl (C=O) groups is 1. The molecule has 0 saturated carbocycles.